The molecule has 1 aromatic carbocycles. The number of hydrogen-bond donors (Lipinski definition) is 1. The van der Waals surface area contributed by atoms with Crippen LogP contribution >= 0.6 is 11.6 Å². The molecule has 0 aromatic heterocycles. The van der Waals surface area contributed by atoms with E-state index in [0.717, 1.165) is 23.6 Å². The summed E-state index contributed by atoms with van der Waals surface area (Å²) in [6, 6.07) is 2.04. The number of halogens is 1. The third-order valence-electron chi connectivity index (χ3n) is 3.15. The number of aryl methyl sites for hydroxylation is 1. The highest BCUT2D eigenvalue weighted by Crippen LogP contribution is 2.37. The average Bonchev–Trinajstić information content (AvgIpc) is 2.32. The van der Waals surface area contributed by atoms with Crippen LogP contribution in [0.5, 0.6) is 5.75 Å². The molecule has 0 atom stereocenters. The van der Waals surface area contributed by atoms with Crippen LogP contribution in [0.3, 0.4) is 0 Å². The maximum atomic E-state index is 6.37. The van der Waals surface area contributed by atoms with Crippen LogP contribution in [0, 0.1) is 6.92 Å². The molecule has 88 valence electrons. The summed E-state index contributed by atoms with van der Waals surface area (Å²) in [7, 11) is 0. The number of ether oxygens (including phenoxy) is 1. The molecule has 0 bridgehead atoms. The van der Waals surface area contributed by atoms with Gasteiger partial charge in [0.15, 0.2) is 0 Å². The van der Waals surface area contributed by atoms with E-state index in [-0.39, 0.29) is 0 Å². The van der Waals surface area contributed by atoms with Crippen molar-refractivity contribution in [3.8, 4) is 5.75 Å². The van der Waals surface area contributed by atoms with E-state index in [1.54, 1.807) is 0 Å². The first-order chi connectivity index (χ1) is 7.74. The molecule has 0 aliphatic heterocycles. The van der Waals surface area contributed by atoms with Gasteiger partial charge in [-0.2, -0.15) is 0 Å². The van der Waals surface area contributed by atoms with Crippen molar-refractivity contribution in [3.63, 3.8) is 0 Å². The lowest BCUT2D eigenvalue weighted by Gasteiger charge is -2.21. The van der Waals surface area contributed by atoms with E-state index in [0.29, 0.717) is 13.2 Å². The van der Waals surface area contributed by atoms with E-state index < -0.39 is 0 Å². The third kappa shape index (κ3) is 2.18. The van der Waals surface area contributed by atoms with Crippen molar-refractivity contribution in [2.45, 2.75) is 32.6 Å². The molecular formula is C13H18ClNO. The molecule has 1 aliphatic rings. The summed E-state index contributed by atoms with van der Waals surface area (Å²) >= 11 is 6.37. The molecule has 3 heteroatoms. The topological polar surface area (TPSA) is 35.2 Å². The summed E-state index contributed by atoms with van der Waals surface area (Å²) < 4.78 is 5.58. The largest absolute Gasteiger partial charge is 0.491 e. The second-order valence-electron chi connectivity index (χ2n) is 4.31. The Morgan fingerprint density at radius 2 is 2.00 bits per heavy atom. The summed E-state index contributed by atoms with van der Waals surface area (Å²) in [5.41, 5.74) is 9.45. The van der Waals surface area contributed by atoms with E-state index in [9.17, 15) is 0 Å². The first-order valence-corrected chi connectivity index (χ1v) is 6.25. The minimum absolute atomic E-state index is 0.520. The van der Waals surface area contributed by atoms with Crippen LogP contribution in [0.1, 0.15) is 29.5 Å². The zero-order valence-corrected chi connectivity index (χ0v) is 10.4. The van der Waals surface area contributed by atoms with Gasteiger partial charge in [-0.15, -0.1) is 0 Å². The quantitative estimate of drug-likeness (QED) is 0.881. The smallest absolute Gasteiger partial charge is 0.138 e. The van der Waals surface area contributed by atoms with Crippen molar-refractivity contribution in [2.24, 2.45) is 5.73 Å². The molecule has 0 fully saturated rings. The van der Waals surface area contributed by atoms with Gasteiger partial charge in [0.1, 0.15) is 12.4 Å². The SMILES string of the molecule is Cc1cc(OCCN)c(Cl)c2c1CCCC2. The molecular weight excluding hydrogens is 222 g/mol. The maximum Gasteiger partial charge on any atom is 0.138 e. The minimum Gasteiger partial charge on any atom is -0.491 e. The van der Waals surface area contributed by atoms with Gasteiger partial charge in [0.05, 0.1) is 5.02 Å². The maximum absolute atomic E-state index is 6.37. The average molecular weight is 240 g/mol. The first-order valence-electron chi connectivity index (χ1n) is 5.87. The minimum atomic E-state index is 0.520. The molecule has 0 unspecified atom stereocenters. The van der Waals surface area contributed by atoms with Gasteiger partial charge in [-0.05, 0) is 55.4 Å². The normalized spacial score (nSPS) is 14.7. The molecule has 0 heterocycles. The zero-order valence-electron chi connectivity index (χ0n) is 9.68. The van der Waals surface area contributed by atoms with Crippen LogP contribution in [-0.4, -0.2) is 13.2 Å². The van der Waals surface area contributed by atoms with E-state index >= 15 is 0 Å². The van der Waals surface area contributed by atoms with Crippen molar-refractivity contribution in [3.05, 3.63) is 27.8 Å². The molecule has 0 spiro atoms. The van der Waals surface area contributed by atoms with E-state index in [4.69, 9.17) is 22.1 Å². The highest BCUT2D eigenvalue weighted by Gasteiger charge is 2.18. The first kappa shape index (κ1) is 11.7. The van der Waals surface area contributed by atoms with Crippen molar-refractivity contribution >= 4 is 11.6 Å². The number of fused-ring (bicyclic) bond motifs is 1. The molecule has 0 saturated heterocycles. The molecule has 1 aliphatic carbocycles. The lowest BCUT2D eigenvalue weighted by Crippen LogP contribution is -2.12. The molecule has 0 amide bonds. The van der Waals surface area contributed by atoms with Crippen molar-refractivity contribution in [1.29, 1.82) is 0 Å². The number of nitrogens with two attached hydrogens (primary N) is 1. The zero-order chi connectivity index (χ0) is 11.5. The van der Waals surface area contributed by atoms with E-state index in [2.05, 4.69) is 6.92 Å². The van der Waals surface area contributed by atoms with Crippen molar-refractivity contribution < 1.29 is 4.74 Å². The summed E-state index contributed by atoms with van der Waals surface area (Å²) in [6.45, 7) is 3.18. The summed E-state index contributed by atoms with van der Waals surface area (Å²) in [4.78, 5) is 0. The second kappa shape index (κ2) is 5.07. The van der Waals surface area contributed by atoms with Gasteiger partial charge in [0.2, 0.25) is 0 Å². The lowest BCUT2D eigenvalue weighted by atomic mass is 9.88. The van der Waals surface area contributed by atoms with Crippen LogP contribution in [0.25, 0.3) is 0 Å². The van der Waals surface area contributed by atoms with Gasteiger partial charge in [-0.1, -0.05) is 11.6 Å². The van der Waals surface area contributed by atoms with E-state index in [1.165, 1.54) is 29.5 Å². The van der Waals surface area contributed by atoms with Gasteiger partial charge >= 0.3 is 0 Å². The standard InChI is InChI=1S/C13H18ClNO/c1-9-8-12(16-7-6-15)13(14)11-5-3-2-4-10(9)11/h8H,2-7,15H2,1H3. The van der Waals surface area contributed by atoms with Gasteiger partial charge in [0, 0.05) is 6.54 Å². The summed E-state index contributed by atoms with van der Waals surface area (Å²) in [5.74, 6) is 0.797. The van der Waals surface area contributed by atoms with Gasteiger partial charge in [0.25, 0.3) is 0 Å². The molecule has 2 nitrogen and oxygen atoms in total. The Hall–Kier alpha value is -0.730. The molecule has 0 saturated carbocycles. The Bertz CT molecular complexity index is 390. The van der Waals surface area contributed by atoms with Crippen LogP contribution in [-0.2, 0) is 12.8 Å². The van der Waals surface area contributed by atoms with Gasteiger partial charge in [-0.25, -0.2) is 0 Å². The highest BCUT2D eigenvalue weighted by molar-refractivity contribution is 6.33. The Kier molecular flexibility index (Phi) is 3.72. The molecule has 0 radical (unpaired) electrons. The monoisotopic (exact) mass is 239 g/mol. The molecule has 2 N–H and O–H groups in total. The van der Waals surface area contributed by atoms with Gasteiger partial charge < -0.3 is 10.5 Å². The Morgan fingerprint density at radius 3 is 2.69 bits per heavy atom. The molecule has 16 heavy (non-hydrogen) atoms. The summed E-state index contributed by atoms with van der Waals surface area (Å²) in [5, 5.41) is 0.800. The number of benzene rings is 1. The lowest BCUT2D eigenvalue weighted by molar-refractivity contribution is 0.327. The Morgan fingerprint density at radius 1 is 1.31 bits per heavy atom. The van der Waals surface area contributed by atoms with Crippen molar-refractivity contribution in [2.75, 3.05) is 13.2 Å². The van der Waals surface area contributed by atoms with Crippen LogP contribution in [0.2, 0.25) is 5.02 Å². The Balaban J connectivity index is 2.37. The van der Waals surface area contributed by atoms with Crippen LogP contribution in [0.15, 0.2) is 6.07 Å². The van der Waals surface area contributed by atoms with Crippen LogP contribution < -0.4 is 10.5 Å². The molecule has 1 aromatic rings. The number of hydrogen-bond acceptors (Lipinski definition) is 2. The van der Waals surface area contributed by atoms with Gasteiger partial charge in [-0.3, -0.25) is 0 Å². The fourth-order valence-corrected chi connectivity index (χ4v) is 2.67. The number of rotatable bonds is 3. The fourth-order valence-electron chi connectivity index (χ4n) is 2.35. The predicted molar refractivity (Wildman–Crippen MR) is 67.4 cm³/mol. The fraction of sp³-hybridized carbons (Fsp3) is 0.538. The highest BCUT2D eigenvalue weighted by atomic mass is 35.5. The van der Waals surface area contributed by atoms with Crippen LogP contribution in [0.4, 0.5) is 0 Å². The second-order valence-corrected chi connectivity index (χ2v) is 4.68. The van der Waals surface area contributed by atoms with Crippen molar-refractivity contribution in [1.82, 2.24) is 0 Å². The van der Waals surface area contributed by atoms with E-state index in [1.807, 2.05) is 6.07 Å². The summed E-state index contributed by atoms with van der Waals surface area (Å²) in [6.07, 6.45) is 4.73. The predicted octanol–water partition coefficient (Wildman–Crippen LogP) is 2.86. The molecule has 2 rings (SSSR count). The Labute approximate surface area is 102 Å². The third-order valence-corrected chi connectivity index (χ3v) is 3.56.